The fourth-order valence-electron chi connectivity index (χ4n) is 4.28. The molecule has 1 N–H and O–H groups in total. The van der Waals surface area contributed by atoms with Crippen molar-refractivity contribution in [2.24, 2.45) is 4.76 Å². The number of allylic oxidation sites excluding steroid dienone is 2. The van der Waals surface area contributed by atoms with E-state index in [1.807, 2.05) is 73.3 Å². The van der Waals surface area contributed by atoms with Crippen molar-refractivity contribution in [3.05, 3.63) is 77.1 Å². The van der Waals surface area contributed by atoms with Crippen molar-refractivity contribution in [3.8, 4) is 5.75 Å². The van der Waals surface area contributed by atoms with Crippen LogP contribution >= 0.6 is 7.36 Å². The van der Waals surface area contributed by atoms with E-state index < -0.39 is 7.36 Å². The van der Waals surface area contributed by atoms with Crippen LogP contribution in [0.4, 0.5) is 0 Å². The number of para-hydroxylation sites is 1. The van der Waals surface area contributed by atoms with Gasteiger partial charge in [0.2, 0.25) is 0 Å². The molecular formula is C20H20N3O3P. The van der Waals surface area contributed by atoms with Crippen LogP contribution in [-0.2, 0) is 9.32 Å². The Morgan fingerprint density at radius 1 is 1.11 bits per heavy atom. The van der Waals surface area contributed by atoms with Crippen LogP contribution in [0, 0.1) is 0 Å². The first kappa shape index (κ1) is 16.5. The SMILES string of the molecule is CC(=O)C1=C(C)OP23(N=C(c4ccccc4)NN2C)Oc2ccccc2C13. The minimum atomic E-state index is -3.82. The molecule has 7 heteroatoms. The Morgan fingerprint density at radius 2 is 1.81 bits per heavy atom. The van der Waals surface area contributed by atoms with Gasteiger partial charge in [0.1, 0.15) is 0 Å². The Bertz CT molecular complexity index is 1050. The third-order valence-electron chi connectivity index (χ3n) is 5.42. The summed E-state index contributed by atoms with van der Waals surface area (Å²) in [7, 11) is -1.94. The van der Waals surface area contributed by atoms with E-state index in [4.69, 9.17) is 13.8 Å². The fraction of sp³-hybridized carbons (Fsp3) is 0.200. The summed E-state index contributed by atoms with van der Waals surface area (Å²) < 4.78 is 20.0. The van der Waals surface area contributed by atoms with E-state index in [0.717, 1.165) is 16.9 Å². The van der Waals surface area contributed by atoms with Gasteiger partial charge in [0, 0.05) is 0 Å². The molecule has 2 aromatic carbocycles. The van der Waals surface area contributed by atoms with Crippen molar-refractivity contribution >= 4 is 19.0 Å². The number of carbonyl (C=O) groups excluding carboxylic acids is 1. The molecule has 0 saturated heterocycles. The molecule has 138 valence electrons. The number of ketones is 1. The van der Waals surface area contributed by atoms with Gasteiger partial charge in [0.15, 0.2) is 0 Å². The second kappa shape index (κ2) is 5.18. The number of nitrogens with one attached hydrogen (secondary N) is 1. The Hall–Kier alpha value is -2.69. The first-order chi connectivity index (χ1) is 12.9. The van der Waals surface area contributed by atoms with E-state index in [2.05, 4.69) is 5.43 Å². The van der Waals surface area contributed by atoms with Crippen molar-refractivity contribution in [2.45, 2.75) is 19.5 Å². The molecule has 1 unspecified atom stereocenters. The molecule has 3 aliphatic rings. The van der Waals surface area contributed by atoms with Crippen LogP contribution < -0.4 is 9.95 Å². The zero-order valence-corrected chi connectivity index (χ0v) is 16.2. The molecule has 1 atom stereocenters. The number of benzene rings is 2. The molecule has 1 spiro atoms. The third kappa shape index (κ3) is 1.92. The predicted octanol–water partition coefficient (Wildman–Crippen LogP) is 4.12. The summed E-state index contributed by atoms with van der Waals surface area (Å²) in [6.07, 6.45) is 0. The van der Waals surface area contributed by atoms with E-state index in [1.54, 1.807) is 6.92 Å². The molecule has 6 nitrogen and oxygen atoms in total. The molecule has 3 aliphatic heterocycles. The normalized spacial score (nSPS) is 25.5. The van der Waals surface area contributed by atoms with Crippen molar-refractivity contribution in [2.75, 3.05) is 7.05 Å². The quantitative estimate of drug-likeness (QED) is 0.793. The molecular weight excluding hydrogens is 361 g/mol. The zero-order valence-electron chi connectivity index (χ0n) is 15.3. The molecule has 0 aromatic heterocycles. The van der Waals surface area contributed by atoms with Gasteiger partial charge in [-0.05, 0) is 0 Å². The summed E-state index contributed by atoms with van der Waals surface area (Å²) in [6, 6.07) is 17.6. The van der Waals surface area contributed by atoms with E-state index in [1.165, 1.54) is 0 Å². The molecule has 0 aliphatic carbocycles. The molecule has 0 bridgehead atoms. The van der Waals surface area contributed by atoms with Crippen LogP contribution in [0.15, 0.2) is 70.7 Å². The summed E-state index contributed by atoms with van der Waals surface area (Å²) >= 11 is 0. The molecule has 0 saturated carbocycles. The monoisotopic (exact) mass is 381 g/mol. The van der Waals surface area contributed by atoms with E-state index in [-0.39, 0.29) is 11.4 Å². The van der Waals surface area contributed by atoms with Gasteiger partial charge in [-0.2, -0.15) is 0 Å². The standard InChI is InChI=1S/C20H20N3O3P/c1-13(24)18-14(2)25-27(19(18)16-11-7-8-12-17(16)26-27)22-20(21-23(27)3)15-9-5-4-6-10-15/h4-12,19H,1-3H3,(H,21,22). The van der Waals surface area contributed by atoms with Gasteiger partial charge in [-0.15, -0.1) is 0 Å². The Morgan fingerprint density at radius 3 is 2.56 bits per heavy atom. The Kier molecular flexibility index (Phi) is 3.16. The van der Waals surface area contributed by atoms with Gasteiger partial charge < -0.3 is 0 Å². The number of amidine groups is 1. The average molecular weight is 381 g/mol. The van der Waals surface area contributed by atoms with Crippen LogP contribution in [0.1, 0.15) is 30.6 Å². The van der Waals surface area contributed by atoms with Crippen LogP contribution in [0.5, 0.6) is 5.75 Å². The van der Waals surface area contributed by atoms with Gasteiger partial charge in [-0.25, -0.2) is 0 Å². The van der Waals surface area contributed by atoms with Gasteiger partial charge in [0.05, 0.1) is 0 Å². The van der Waals surface area contributed by atoms with Gasteiger partial charge in [0.25, 0.3) is 0 Å². The molecule has 0 fully saturated rings. The molecule has 5 rings (SSSR count). The van der Waals surface area contributed by atoms with Crippen LogP contribution in [0.25, 0.3) is 0 Å². The summed E-state index contributed by atoms with van der Waals surface area (Å²) in [5, 5.41) is 0. The van der Waals surface area contributed by atoms with E-state index in [0.29, 0.717) is 17.2 Å². The summed E-state index contributed by atoms with van der Waals surface area (Å²) in [5.74, 6) is 1.98. The number of fused-ring (bicyclic) bond motifs is 2. The Labute approximate surface area is 157 Å². The Balaban J connectivity index is 1.78. The van der Waals surface area contributed by atoms with Gasteiger partial charge in [-0.3, -0.25) is 0 Å². The number of nitrogens with zero attached hydrogens (tertiary/aromatic N) is 2. The van der Waals surface area contributed by atoms with Crippen molar-refractivity contribution in [1.82, 2.24) is 10.2 Å². The fourth-order valence-corrected chi connectivity index (χ4v) is 8.91. The van der Waals surface area contributed by atoms with E-state index in [9.17, 15) is 4.79 Å². The molecule has 3 heterocycles. The minimum absolute atomic E-state index is 0.0175. The third-order valence-corrected chi connectivity index (χ3v) is 9.77. The summed E-state index contributed by atoms with van der Waals surface area (Å²) in [4.78, 5) is 12.5. The summed E-state index contributed by atoms with van der Waals surface area (Å²) in [6.45, 7) is 3.40. The van der Waals surface area contributed by atoms with Gasteiger partial charge >= 0.3 is 157 Å². The number of Topliss-reactive ketones (excluding diaryl/α,β-unsaturated/α-hetero) is 1. The number of hydrogen-bond donors (Lipinski definition) is 1. The molecule has 2 aromatic rings. The number of hydrazine groups is 1. The van der Waals surface area contributed by atoms with Crippen molar-refractivity contribution in [1.29, 1.82) is 0 Å². The topological polar surface area (TPSA) is 63.2 Å². The molecule has 0 amide bonds. The van der Waals surface area contributed by atoms with Crippen LogP contribution in [0.3, 0.4) is 0 Å². The molecule has 0 radical (unpaired) electrons. The summed E-state index contributed by atoms with van der Waals surface area (Å²) in [5.41, 5.74) is 5.51. The van der Waals surface area contributed by atoms with Crippen molar-refractivity contribution in [3.63, 3.8) is 0 Å². The van der Waals surface area contributed by atoms with Crippen LogP contribution in [-0.4, -0.2) is 23.4 Å². The van der Waals surface area contributed by atoms with Crippen LogP contribution in [0.2, 0.25) is 0 Å². The average Bonchev–Trinajstić information content (AvgIpc) is 3.19. The first-order valence-corrected chi connectivity index (χ1v) is 10.9. The van der Waals surface area contributed by atoms with Crippen molar-refractivity contribution < 1.29 is 13.8 Å². The predicted molar refractivity (Wildman–Crippen MR) is 105 cm³/mol. The zero-order chi connectivity index (χ0) is 18.8. The van der Waals surface area contributed by atoms with E-state index >= 15 is 0 Å². The second-order valence-corrected chi connectivity index (χ2v) is 10.6. The second-order valence-electron chi connectivity index (χ2n) is 7.03. The molecule has 27 heavy (non-hydrogen) atoms. The number of hydrogen-bond acceptors (Lipinski definition) is 6. The maximum absolute atomic E-state index is 12.5. The number of rotatable bonds is 2. The number of carbonyl (C=O) groups is 1. The first-order valence-electron chi connectivity index (χ1n) is 8.85. The van der Waals surface area contributed by atoms with Gasteiger partial charge in [-0.1, -0.05) is 0 Å². The maximum atomic E-state index is 12.5.